The smallest absolute Gasteiger partial charge is 0.255 e. The SMILES string of the molecule is COc1ccccc1Cc1cnc(C2CCCN(C(=O)c3ccnnc3)C2)o1. The number of carbonyl (C=O) groups excluding carboxylic acids is 1. The number of benzene rings is 1. The number of piperidine rings is 1. The highest BCUT2D eigenvalue weighted by molar-refractivity contribution is 5.93. The summed E-state index contributed by atoms with van der Waals surface area (Å²) in [7, 11) is 1.66. The number of methoxy groups -OCH3 is 1. The molecule has 3 aromatic rings. The molecule has 0 radical (unpaired) electrons. The standard InChI is InChI=1S/C21H22N4O3/c1-27-19-7-3-2-5-15(19)11-18-13-22-20(28-18)17-6-4-10-25(14-17)21(26)16-8-9-23-24-12-16/h2-3,5,7-9,12-13,17H,4,6,10-11,14H2,1H3. The zero-order valence-corrected chi connectivity index (χ0v) is 15.7. The zero-order chi connectivity index (χ0) is 19.3. The molecule has 1 amide bonds. The summed E-state index contributed by atoms with van der Waals surface area (Å²) < 4.78 is 11.4. The lowest BCUT2D eigenvalue weighted by Gasteiger charge is -2.31. The van der Waals surface area contributed by atoms with Crippen molar-refractivity contribution in [2.45, 2.75) is 25.2 Å². The minimum absolute atomic E-state index is 0.0274. The Morgan fingerprint density at radius 1 is 1.25 bits per heavy atom. The first-order valence-electron chi connectivity index (χ1n) is 9.37. The highest BCUT2D eigenvalue weighted by atomic mass is 16.5. The molecule has 28 heavy (non-hydrogen) atoms. The van der Waals surface area contributed by atoms with Crippen LogP contribution in [0.5, 0.6) is 5.75 Å². The fourth-order valence-electron chi connectivity index (χ4n) is 3.59. The number of carbonyl (C=O) groups is 1. The summed E-state index contributed by atoms with van der Waals surface area (Å²) >= 11 is 0. The molecule has 144 valence electrons. The van der Waals surface area contributed by atoms with Gasteiger partial charge in [0.1, 0.15) is 11.5 Å². The molecule has 4 rings (SSSR count). The number of hydrogen-bond donors (Lipinski definition) is 0. The van der Waals surface area contributed by atoms with E-state index in [1.807, 2.05) is 29.2 Å². The lowest BCUT2D eigenvalue weighted by atomic mass is 9.97. The number of amides is 1. The third kappa shape index (κ3) is 3.88. The molecule has 0 spiro atoms. The third-order valence-electron chi connectivity index (χ3n) is 5.02. The summed E-state index contributed by atoms with van der Waals surface area (Å²) in [5.41, 5.74) is 1.61. The number of oxazole rings is 1. The van der Waals surface area contributed by atoms with Crippen molar-refractivity contribution >= 4 is 5.91 Å². The number of hydrogen-bond acceptors (Lipinski definition) is 6. The van der Waals surface area contributed by atoms with Crippen LogP contribution in [0.1, 0.15) is 46.3 Å². The van der Waals surface area contributed by atoms with E-state index in [1.165, 1.54) is 12.4 Å². The van der Waals surface area contributed by atoms with Crippen molar-refractivity contribution in [1.82, 2.24) is 20.1 Å². The Hall–Kier alpha value is -3.22. The van der Waals surface area contributed by atoms with Crippen LogP contribution in [0.3, 0.4) is 0 Å². The minimum Gasteiger partial charge on any atom is -0.496 e. The Morgan fingerprint density at radius 2 is 2.14 bits per heavy atom. The highest BCUT2D eigenvalue weighted by Gasteiger charge is 2.28. The van der Waals surface area contributed by atoms with Gasteiger partial charge in [0, 0.05) is 25.1 Å². The van der Waals surface area contributed by atoms with E-state index in [9.17, 15) is 4.79 Å². The zero-order valence-electron chi connectivity index (χ0n) is 15.7. The van der Waals surface area contributed by atoms with E-state index in [0.29, 0.717) is 24.4 Å². The molecule has 0 N–H and O–H groups in total. The van der Waals surface area contributed by atoms with Crippen LogP contribution in [0.4, 0.5) is 0 Å². The van der Waals surface area contributed by atoms with Crippen LogP contribution in [0.15, 0.2) is 53.3 Å². The third-order valence-corrected chi connectivity index (χ3v) is 5.02. The lowest BCUT2D eigenvalue weighted by Crippen LogP contribution is -2.39. The van der Waals surface area contributed by atoms with Gasteiger partial charge in [0.25, 0.3) is 5.91 Å². The molecule has 7 nitrogen and oxygen atoms in total. The van der Waals surface area contributed by atoms with E-state index in [0.717, 1.165) is 36.5 Å². The van der Waals surface area contributed by atoms with Crippen molar-refractivity contribution < 1.29 is 13.9 Å². The van der Waals surface area contributed by atoms with E-state index in [-0.39, 0.29) is 11.8 Å². The first kappa shape index (κ1) is 18.2. The molecular weight excluding hydrogens is 356 g/mol. The molecule has 0 bridgehead atoms. The van der Waals surface area contributed by atoms with Gasteiger partial charge in [-0.05, 0) is 25.0 Å². The molecule has 1 unspecified atom stereocenters. The maximum Gasteiger partial charge on any atom is 0.255 e. The van der Waals surface area contributed by atoms with Gasteiger partial charge in [-0.1, -0.05) is 18.2 Å². The predicted octanol–water partition coefficient (Wildman–Crippen LogP) is 3.08. The van der Waals surface area contributed by atoms with Crippen molar-refractivity contribution in [3.05, 3.63) is 71.7 Å². The quantitative estimate of drug-likeness (QED) is 0.679. The van der Waals surface area contributed by atoms with Crippen LogP contribution in [0.25, 0.3) is 0 Å². The van der Waals surface area contributed by atoms with Gasteiger partial charge in [-0.2, -0.15) is 10.2 Å². The summed E-state index contributed by atoms with van der Waals surface area (Å²) in [6, 6.07) is 9.57. The molecule has 1 aliphatic rings. The van der Waals surface area contributed by atoms with Crippen LogP contribution >= 0.6 is 0 Å². The van der Waals surface area contributed by atoms with Crippen molar-refractivity contribution in [3.8, 4) is 5.75 Å². The monoisotopic (exact) mass is 378 g/mol. The summed E-state index contributed by atoms with van der Waals surface area (Å²) in [5, 5.41) is 7.53. The van der Waals surface area contributed by atoms with Gasteiger partial charge in [0.2, 0.25) is 0 Å². The number of ether oxygens (including phenoxy) is 1. The van der Waals surface area contributed by atoms with Crippen LogP contribution in [0.2, 0.25) is 0 Å². The van der Waals surface area contributed by atoms with Crippen molar-refractivity contribution in [1.29, 1.82) is 0 Å². The highest BCUT2D eigenvalue weighted by Crippen LogP contribution is 2.29. The Balaban J connectivity index is 1.45. The topological polar surface area (TPSA) is 81.4 Å². The van der Waals surface area contributed by atoms with Gasteiger partial charge in [-0.3, -0.25) is 4.79 Å². The fraction of sp³-hybridized carbons (Fsp3) is 0.333. The summed E-state index contributed by atoms with van der Waals surface area (Å²) in [6.07, 6.45) is 7.30. The molecule has 0 saturated carbocycles. The number of nitrogens with zero attached hydrogens (tertiary/aromatic N) is 4. The second-order valence-corrected chi connectivity index (χ2v) is 6.87. The maximum atomic E-state index is 12.7. The summed E-state index contributed by atoms with van der Waals surface area (Å²) in [4.78, 5) is 19.0. The van der Waals surface area contributed by atoms with Crippen LogP contribution in [-0.4, -0.2) is 46.2 Å². The molecule has 1 aromatic carbocycles. The largest absolute Gasteiger partial charge is 0.496 e. The fourth-order valence-corrected chi connectivity index (χ4v) is 3.59. The Morgan fingerprint density at radius 3 is 2.96 bits per heavy atom. The molecule has 3 heterocycles. The lowest BCUT2D eigenvalue weighted by molar-refractivity contribution is 0.0697. The van der Waals surface area contributed by atoms with Gasteiger partial charge in [-0.25, -0.2) is 4.98 Å². The van der Waals surface area contributed by atoms with E-state index in [1.54, 1.807) is 19.4 Å². The van der Waals surface area contributed by atoms with Gasteiger partial charge >= 0.3 is 0 Å². The van der Waals surface area contributed by atoms with Gasteiger partial charge < -0.3 is 14.1 Å². The Bertz CT molecular complexity index is 942. The Kier molecular flexibility index (Phi) is 5.32. The molecule has 7 heteroatoms. The summed E-state index contributed by atoms with van der Waals surface area (Å²) in [5.74, 6) is 2.39. The average Bonchev–Trinajstić information content (AvgIpc) is 3.23. The van der Waals surface area contributed by atoms with Gasteiger partial charge in [-0.15, -0.1) is 0 Å². The summed E-state index contributed by atoms with van der Waals surface area (Å²) in [6.45, 7) is 1.32. The van der Waals surface area contributed by atoms with E-state index in [4.69, 9.17) is 9.15 Å². The van der Waals surface area contributed by atoms with Crippen molar-refractivity contribution in [3.63, 3.8) is 0 Å². The van der Waals surface area contributed by atoms with E-state index >= 15 is 0 Å². The van der Waals surface area contributed by atoms with E-state index in [2.05, 4.69) is 15.2 Å². The molecule has 0 aliphatic carbocycles. The first-order valence-corrected chi connectivity index (χ1v) is 9.37. The molecule has 1 aliphatic heterocycles. The van der Waals surface area contributed by atoms with Crippen molar-refractivity contribution in [2.75, 3.05) is 20.2 Å². The first-order chi connectivity index (χ1) is 13.7. The second kappa shape index (κ2) is 8.21. The van der Waals surface area contributed by atoms with Gasteiger partial charge in [0.15, 0.2) is 5.89 Å². The molecule has 1 fully saturated rings. The minimum atomic E-state index is -0.0274. The van der Waals surface area contributed by atoms with E-state index < -0.39 is 0 Å². The van der Waals surface area contributed by atoms with Gasteiger partial charge in [0.05, 0.1) is 37.2 Å². The Labute approximate surface area is 163 Å². The number of aromatic nitrogens is 3. The van der Waals surface area contributed by atoms with Crippen LogP contribution in [0, 0.1) is 0 Å². The molecule has 2 aromatic heterocycles. The maximum absolute atomic E-state index is 12.7. The molecule has 1 atom stereocenters. The van der Waals surface area contributed by atoms with Crippen molar-refractivity contribution in [2.24, 2.45) is 0 Å². The van der Waals surface area contributed by atoms with Crippen LogP contribution < -0.4 is 4.74 Å². The average molecular weight is 378 g/mol. The predicted molar refractivity (Wildman–Crippen MR) is 102 cm³/mol. The number of para-hydroxylation sites is 1. The second-order valence-electron chi connectivity index (χ2n) is 6.87. The molecule has 1 saturated heterocycles. The number of likely N-dealkylation sites (tertiary alicyclic amines) is 1. The normalized spacial score (nSPS) is 16.8. The molecular formula is C21H22N4O3. The van der Waals surface area contributed by atoms with Crippen LogP contribution in [-0.2, 0) is 6.42 Å². The number of rotatable bonds is 5.